The Balaban J connectivity index is 2.35. The zero-order valence-electron chi connectivity index (χ0n) is 8.91. The number of nitrogens with one attached hydrogen (secondary N) is 1. The maximum atomic E-state index is 13.8. The van der Waals surface area contributed by atoms with Gasteiger partial charge in [0.05, 0.1) is 15.7 Å². The molecule has 0 radical (unpaired) electrons. The first-order valence-electron chi connectivity index (χ1n) is 4.76. The molecule has 0 spiro atoms. The predicted molar refractivity (Wildman–Crippen MR) is 65.3 cm³/mol. The third-order valence-corrected chi connectivity index (χ3v) is 2.95. The van der Waals surface area contributed by atoms with Crippen LogP contribution in [0.25, 0.3) is 0 Å². The van der Waals surface area contributed by atoms with Gasteiger partial charge in [-0.25, -0.2) is 4.39 Å². The second-order valence-corrected chi connectivity index (χ2v) is 4.19. The lowest BCUT2D eigenvalue weighted by Gasteiger charge is -2.06. The molecular weight excluding hydrogens is 287 g/mol. The average Bonchev–Trinajstić information content (AvgIpc) is 2.71. The van der Waals surface area contributed by atoms with Crippen LogP contribution in [-0.4, -0.2) is 9.78 Å². The fraction of sp³-hybridized carbons (Fsp3) is 0.0909. The number of hydrogen-bond donors (Lipinski definition) is 1. The van der Waals surface area contributed by atoms with Crippen molar-refractivity contribution in [3.8, 4) is 6.07 Å². The van der Waals surface area contributed by atoms with E-state index in [0.29, 0.717) is 5.82 Å². The molecule has 0 atom stereocenters. The summed E-state index contributed by atoms with van der Waals surface area (Å²) in [5.74, 6) is 0.0395. The SMILES string of the molecule is Cn1ccc(Nc2ccc(C#N)c(Br)c2F)n1. The van der Waals surface area contributed by atoms with E-state index >= 15 is 0 Å². The number of aryl methyl sites for hydroxylation is 1. The Bertz CT molecular complexity index is 600. The van der Waals surface area contributed by atoms with Crippen molar-refractivity contribution in [3.63, 3.8) is 0 Å². The molecule has 0 aliphatic heterocycles. The van der Waals surface area contributed by atoms with E-state index in [4.69, 9.17) is 5.26 Å². The van der Waals surface area contributed by atoms with Crippen molar-refractivity contribution in [2.24, 2.45) is 7.05 Å². The minimum atomic E-state index is -0.505. The van der Waals surface area contributed by atoms with Gasteiger partial charge in [0.15, 0.2) is 11.6 Å². The Kier molecular flexibility index (Phi) is 3.11. The quantitative estimate of drug-likeness (QED) is 0.926. The van der Waals surface area contributed by atoms with E-state index in [-0.39, 0.29) is 15.7 Å². The Morgan fingerprint density at radius 3 is 2.82 bits per heavy atom. The first kappa shape index (κ1) is 11.6. The number of hydrogen-bond acceptors (Lipinski definition) is 3. The summed E-state index contributed by atoms with van der Waals surface area (Å²) in [4.78, 5) is 0. The molecule has 0 bridgehead atoms. The third kappa shape index (κ3) is 2.29. The monoisotopic (exact) mass is 294 g/mol. The Hall–Kier alpha value is -1.87. The fourth-order valence-electron chi connectivity index (χ4n) is 1.35. The van der Waals surface area contributed by atoms with E-state index in [9.17, 15) is 4.39 Å². The van der Waals surface area contributed by atoms with Crippen LogP contribution in [0.2, 0.25) is 0 Å². The standard InChI is InChI=1S/C11H8BrFN4/c1-17-5-4-9(16-17)15-8-3-2-7(6-14)10(12)11(8)13/h2-5H,1H3,(H,15,16). The number of anilines is 2. The largest absolute Gasteiger partial charge is 0.336 e. The summed E-state index contributed by atoms with van der Waals surface area (Å²) in [5, 5.41) is 15.7. The number of nitriles is 1. The second-order valence-electron chi connectivity index (χ2n) is 3.40. The summed E-state index contributed by atoms with van der Waals surface area (Å²) in [6, 6.07) is 6.67. The minimum Gasteiger partial charge on any atom is -0.336 e. The normalized spacial score (nSPS) is 10.0. The molecule has 2 rings (SSSR count). The number of nitrogens with zero attached hydrogens (tertiary/aromatic N) is 3. The zero-order chi connectivity index (χ0) is 12.4. The highest BCUT2D eigenvalue weighted by molar-refractivity contribution is 9.10. The molecule has 1 aromatic heterocycles. The lowest BCUT2D eigenvalue weighted by molar-refractivity contribution is 0.624. The Morgan fingerprint density at radius 1 is 1.47 bits per heavy atom. The van der Waals surface area contributed by atoms with Crippen molar-refractivity contribution in [3.05, 3.63) is 40.2 Å². The van der Waals surface area contributed by atoms with Gasteiger partial charge in [-0.3, -0.25) is 4.68 Å². The van der Waals surface area contributed by atoms with Crippen molar-refractivity contribution in [1.29, 1.82) is 5.26 Å². The lowest BCUT2D eigenvalue weighted by atomic mass is 10.2. The van der Waals surface area contributed by atoms with E-state index in [1.54, 1.807) is 30.1 Å². The van der Waals surface area contributed by atoms with E-state index < -0.39 is 5.82 Å². The lowest BCUT2D eigenvalue weighted by Crippen LogP contribution is -1.97. The summed E-state index contributed by atoms with van der Waals surface area (Å²) in [7, 11) is 1.77. The smallest absolute Gasteiger partial charge is 0.162 e. The van der Waals surface area contributed by atoms with Gasteiger partial charge in [-0.2, -0.15) is 10.4 Å². The average molecular weight is 295 g/mol. The summed E-state index contributed by atoms with van der Waals surface area (Å²) in [5.41, 5.74) is 0.531. The Labute approximate surface area is 106 Å². The molecule has 4 nitrogen and oxygen atoms in total. The van der Waals surface area contributed by atoms with Gasteiger partial charge in [0.1, 0.15) is 6.07 Å². The van der Waals surface area contributed by atoms with Crippen molar-refractivity contribution >= 4 is 27.4 Å². The molecule has 0 saturated heterocycles. The highest BCUT2D eigenvalue weighted by Gasteiger charge is 2.11. The molecule has 0 aliphatic rings. The molecule has 6 heteroatoms. The summed E-state index contributed by atoms with van der Waals surface area (Å²) >= 11 is 3.05. The number of halogens is 2. The molecule has 1 heterocycles. The van der Waals surface area contributed by atoms with Crippen LogP contribution >= 0.6 is 15.9 Å². The van der Waals surface area contributed by atoms with Gasteiger partial charge in [-0.1, -0.05) is 0 Å². The molecule has 17 heavy (non-hydrogen) atoms. The highest BCUT2D eigenvalue weighted by Crippen LogP contribution is 2.28. The van der Waals surface area contributed by atoms with Crippen LogP contribution in [0.15, 0.2) is 28.9 Å². The van der Waals surface area contributed by atoms with E-state index in [1.165, 1.54) is 6.07 Å². The summed E-state index contributed by atoms with van der Waals surface area (Å²) in [6.45, 7) is 0. The van der Waals surface area contributed by atoms with Crippen LogP contribution < -0.4 is 5.32 Å². The first-order valence-corrected chi connectivity index (χ1v) is 5.56. The molecule has 1 aromatic carbocycles. The molecular formula is C11H8BrFN4. The number of aromatic nitrogens is 2. The van der Waals surface area contributed by atoms with Crippen LogP contribution in [0.1, 0.15) is 5.56 Å². The summed E-state index contributed by atoms with van der Waals surface area (Å²) < 4.78 is 15.6. The van der Waals surface area contributed by atoms with E-state index in [1.807, 2.05) is 6.07 Å². The highest BCUT2D eigenvalue weighted by atomic mass is 79.9. The van der Waals surface area contributed by atoms with Crippen LogP contribution in [0.5, 0.6) is 0 Å². The maximum Gasteiger partial charge on any atom is 0.162 e. The molecule has 86 valence electrons. The van der Waals surface area contributed by atoms with Gasteiger partial charge in [0.25, 0.3) is 0 Å². The fourth-order valence-corrected chi connectivity index (χ4v) is 1.79. The number of benzene rings is 1. The first-order chi connectivity index (χ1) is 8.11. The minimum absolute atomic E-state index is 0.154. The van der Waals surface area contributed by atoms with Crippen LogP contribution in [0, 0.1) is 17.1 Å². The van der Waals surface area contributed by atoms with Gasteiger partial charge >= 0.3 is 0 Å². The van der Waals surface area contributed by atoms with Crippen molar-refractivity contribution in [2.45, 2.75) is 0 Å². The van der Waals surface area contributed by atoms with Gasteiger partial charge in [-0.15, -0.1) is 0 Å². The molecule has 0 aliphatic carbocycles. The summed E-state index contributed by atoms with van der Waals surface area (Å²) in [6.07, 6.45) is 1.75. The number of rotatable bonds is 2. The van der Waals surface area contributed by atoms with Crippen molar-refractivity contribution in [1.82, 2.24) is 9.78 Å². The zero-order valence-corrected chi connectivity index (χ0v) is 10.5. The molecule has 2 aromatic rings. The van der Waals surface area contributed by atoms with Gasteiger partial charge in [0, 0.05) is 19.3 Å². The Morgan fingerprint density at radius 2 is 2.24 bits per heavy atom. The van der Waals surface area contributed by atoms with Crippen molar-refractivity contribution < 1.29 is 4.39 Å². The van der Waals surface area contributed by atoms with E-state index in [2.05, 4.69) is 26.3 Å². The topological polar surface area (TPSA) is 53.6 Å². The third-order valence-electron chi connectivity index (χ3n) is 2.18. The van der Waals surface area contributed by atoms with Crippen molar-refractivity contribution in [2.75, 3.05) is 5.32 Å². The second kappa shape index (κ2) is 4.55. The maximum absolute atomic E-state index is 13.8. The van der Waals surface area contributed by atoms with Crippen LogP contribution in [0.4, 0.5) is 15.9 Å². The van der Waals surface area contributed by atoms with Gasteiger partial charge in [-0.05, 0) is 28.1 Å². The molecule has 0 unspecified atom stereocenters. The van der Waals surface area contributed by atoms with Gasteiger partial charge in [0.2, 0.25) is 0 Å². The molecule has 1 N–H and O–H groups in total. The van der Waals surface area contributed by atoms with Crippen LogP contribution in [-0.2, 0) is 7.05 Å². The molecule has 0 saturated carbocycles. The molecule has 0 amide bonds. The molecule has 0 fully saturated rings. The predicted octanol–water partition coefficient (Wildman–Crippen LogP) is 2.94. The van der Waals surface area contributed by atoms with Crippen LogP contribution in [0.3, 0.4) is 0 Å². The van der Waals surface area contributed by atoms with E-state index in [0.717, 1.165) is 0 Å². The van der Waals surface area contributed by atoms with Gasteiger partial charge < -0.3 is 5.32 Å².